The van der Waals surface area contributed by atoms with Crippen molar-refractivity contribution in [1.82, 2.24) is 15.6 Å². The van der Waals surface area contributed by atoms with Gasteiger partial charge in [-0.15, -0.1) is 0 Å². The van der Waals surface area contributed by atoms with Crippen molar-refractivity contribution in [2.24, 2.45) is 5.10 Å². The van der Waals surface area contributed by atoms with E-state index in [0.29, 0.717) is 17.4 Å². The Kier molecular flexibility index (Phi) is 7.55. The largest absolute Gasteiger partial charge is 0.508 e. The molecule has 2 aromatic rings. The molecule has 2 aromatic carbocycles. The third-order valence-electron chi connectivity index (χ3n) is 5.03. The third kappa shape index (κ3) is 6.51. The Morgan fingerprint density at radius 2 is 1.86 bits per heavy atom. The summed E-state index contributed by atoms with van der Waals surface area (Å²) in [5, 5.41) is 18.0. The Morgan fingerprint density at radius 3 is 2.59 bits per heavy atom. The van der Waals surface area contributed by atoms with Gasteiger partial charge in [-0.05, 0) is 86.5 Å². The maximum atomic E-state index is 12.9. The van der Waals surface area contributed by atoms with Crippen molar-refractivity contribution in [2.75, 3.05) is 13.1 Å². The average Bonchev–Trinajstić information content (AvgIpc) is 2.74. The summed E-state index contributed by atoms with van der Waals surface area (Å²) >= 11 is 5.25. The quantitative estimate of drug-likeness (QED) is 0.380. The topological polar surface area (TPSA) is 59.9 Å². The molecule has 1 aliphatic rings. The van der Waals surface area contributed by atoms with E-state index in [-0.39, 0.29) is 5.82 Å². The molecule has 3 rings (SSSR count). The molecule has 154 valence electrons. The molecule has 0 spiro atoms. The molecular weight excluding hydrogens is 387 g/mol. The molecule has 29 heavy (non-hydrogen) atoms. The van der Waals surface area contributed by atoms with Crippen molar-refractivity contribution in [3.63, 3.8) is 0 Å². The van der Waals surface area contributed by atoms with Crippen LogP contribution in [-0.4, -0.2) is 33.9 Å². The highest BCUT2D eigenvalue weighted by molar-refractivity contribution is 7.80. The lowest BCUT2D eigenvalue weighted by molar-refractivity contribution is 0.218. The van der Waals surface area contributed by atoms with Crippen LogP contribution in [0.25, 0.3) is 0 Å². The zero-order valence-electron chi connectivity index (χ0n) is 16.6. The normalized spacial score (nSPS) is 15.2. The van der Waals surface area contributed by atoms with Crippen LogP contribution in [0.4, 0.5) is 4.39 Å². The summed E-state index contributed by atoms with van der Waals surface area (Å²) in [5.41, 5.74) is 6.39. The molecule has 1 saturated heterocycles. The molecule has 0 unspecified atom stereocenters. The summed E-state index contributed by atoms with van der Waals surface area (Å²) in [5.74, 6) is 0.0554. The van der Waals surface area contributed by atoms with Crippen molar-refractivity contribution < 1.29 is 9.50 Å². The molecule has 1 heterocycles. The van der Waals surface area contributed by atoms with Crippen LogP contribution in [0, 0.1) is 5.82 Å². The van der Waals surface area contributed by atoms with Gasteiger partial charge >= 0.3 is 0 Å². The van der Waals surface area contributed by atoms with Crippen LogP contribution < -0.4 is 10.7 Å². The van der Waals surface area contributed by atoms with Gasteiger partial charge in [-0.2, -0.15) is 5.10 Å². The highest BCUT2D eigenvalue weighted by Gasteiger charge is 2.13. The second-order valence-corrected chi connectivity index (χ2v) is 7.71. The number of rotatable bonds is 6. The minimum Gasteiger partial charge on any atom is -0.508 e. The fourth-order valence-electron chi connectivity index (χ4n) is 3.32. The van der Waals surface area contributed by atoms with Crippen molar-refractivity contribution in [3.05, 3.63) is 65.0 Å². The third-order valence-corrected chi connectivity index (χ3v) is 5.27. The van der Waals surface area contributed by atoms with Crippen LogP contribution in [0.3, 0.4) is 0 Å². The van der Waals surface area contributed by atoms with Crippen LogP contribution in [0.5, 0.6) is 5.75 Å². The van der Waals surface area contributed by atoms with Gasteiger partial charge in [0.2, 0.25) is 0 Å². The molecule has 5 nitrogen and oxygen atoms in total. The molecular formula is C22H27FN4OS. The summed E-state index contributed by atoms with van der Waals surface area (Å²) < 4.78 is 12.9. The fourth-order valence-corrected chi connectivity index (χ4v) is 3.44. The molecule has 1 fully saturated rings. The first kappa shape index (κ1) is 21.2. The van der Waals surface area contributed by atoms with E-state index in [9.17, 15) is 9.50 Å². The number of phenolic OH excluding ortho intramolecular Hbond substituents is 1. The Morgan fingerprint density at radius 1 is 1.14 bits per heavy atom. The fraction of sp³-hybridized carbons (Fsp3) is 0.364. The number of nitrogens with zero attached hydrogens (tertiary/aromatic N) is 2. The van der Waals surface area contributed by atoms with Gasteiger partial charge in [0.25, 0.3) is 0 Å². The number of benzene rings is 2. The van der Waals surface area contributed by atoms with Crippen molar-refractivity contribution in [2.45, 2.75) is 39.3 Å². The van der Waals surface area contributed by atoms with Crippen LogP contribution in [0.15, 0.2) is 47.6 Å². The van der Waals surface area contributed by atoms with Gasteiger partial charge in [0.15, 0.2) is 5.11 Å². The van der Waals surface area contributed by atoms with E-state index in [4.69, 9.17) is 12.2 Å². The van der Waals surface area contributed by atoms with E-state index in [2.05, 4.69) is 20.7 Å². The monoisotopic (exact) mass is 414 g/mol. The maximum absolute atomic E-state index is 12.9. The van der Waals surface area contributed by atoms with Crippen LogP contribution in [-0.2, 0) is 13.1 Å². The second kappa shape index (κ2) is 10.3. The number of hydrogen-bond donors (Lipinski definition) is 3. The molecule has 7 heteroatoms. The minimum absolute atomic E-state index is 0.261. The van der Waals surface area contributed by atoms with Gasteiger partial charge in [-0.1, -0.05) is 18.6 Å². The summed E-state index contributed by atoms with van der Waals surface area (Å²) in [4.78, 5) is 2.38. The first-order valence-corrected chi connectivity index (χ1v) is 10.3. The van der Waals surface area contributed by atoms with E-state index >= 15 is 0 Å². The molecule has 0 radical (unpaired) electrons. The number of halogens is 1. The van der Waals surface area contributed by atoms with Gasteiger partial charge in [-0.3, -0.25) is 10.3 Å². The predicted molar refractivity (Wildman–Crippen MR) is 118 cm³/mol. The number of nitrogens with one attached hydrogen (secondary N) is 2. The first-order valence-electron chi connectivity index (χ1n) is 9.88. The van der Waals surface area contributed by atoms with Gasteiger partial charge in [0.1, 0.15) is 11.6 Å². The Bertz CT molecular complexity index is 864. The molecule has 0 amide bonds. The number of thiocarbonyl (C=S) groups is 1. The highest BCUT2D eigenvalue weighted by atomic mass is 32.1. The van der Waals surface area contributed by atoms with Gasteiger partial charge in [0.05, 0.1) is 5.71 Å². The van der Waals surface area contributed by atoms with Gasteiger partial charge < -0.3 is 10.4 Å². The molecule has 3 N–H and O–H groups in total. The summed E-state index contributed by atoms with van der Waals surface area (Å²) in [6, 6.07) is 11.8. The second-order valence-electron chi connectivity index (χ2n) is 7.30. The van der Waals surface area contributed by atoms with E-state index in [1.807, 2.05) is 19.1 Å². The van der Waals surface area contributed by atoms with Crippen LogP contribution in [0.1, 0.15) is 42.9 Å². The number of hydrogen-bond acceptors (Lipinski definition) is 4. The van der Waals surface area contributed by atoms with Crippen molar-refractivity contribution >= 4 is 23.0 Å². The lowest BCUT2D eigenvalue weighted by atomic mass is 10.0. The first-order chi connectivity index (χ1) is 14.0. The zero-order chi connectivity index (χ0) is 20.6. The molecule has 0 aromatic heterocycles. The number of likely N-dealkylation sites (tertiary alicyclic amines) is 1. The van der Waals surface area contributed by atoms with Crippen molar-refractivity contribution in [3.8, 4) is 5.75 Å². The van der Waals surface area contributed by atoms with E-state index in [1.54, 1.807) is 18.2 Å². The number of aromatic hydroxyl groups is 1. The number of piperidine rings is 1. The smallest absolute Gasteiger partial charge is 0.187 e. The minimum atomic E-state index is -0.261. The van der Waals surface area contributed by atoms with Gasteiger partial charge in [0, 0.05) is 18.7 Å². The molecule has 0 saturated carbocycles. The highest BCUT2D eigenvalue weighted by Crippen LogP contribution is 2.22. The van der Waals surface area contributed by atoms with Crippen LogP contribution >= 0.6 is 12.2 Å². The molecule has 0 atom stereocenters. The number of hydrazone groups is 1. The molecule has 0 aliphatic carbocycles. The molecule has 0 bridgehead atoms. The average molecular weight is 415 g/mol. The van der Waals surface area contributed by atoms with Gasteiger partial charge in [-0.25, -0.2) is 4.39 Å². The maximum Gasteiger partial charge on any atom is 0.187 e. The number of phenols is 1. The Hall–Kier alpha value is -2.51. The predicted octanol–water partition coefficient (Wildman–Crippen LogP) is 3.91. The Labute approximate surface area is 176 Å². The zero-order valence-corrected chi connectivity index (χ0v) is 17.4. The summed E-state index contributed by atoms with van der Waals surface area (Å²) in [6.07, 6.45) is 3.72. The molecule has 1 aliphatic heterocycles. The lowest BCUT2D eigenvalue weighted by Crippen LogP contribution is -2.32. The Balaban J connectivity index is 1.56. The lowest BCUT2D eigenvalue weighted by Gasteiger charge is -2.26. The van der Waals surface area contributed by atoms with Crippen molar-refractivity contribution in [1.29, 1.82) is 0 Å². The SMILES string of the molecule is C/C(=N\NC(=S)NCc1ccc(F)cc1)c1ccc(O)c(CN2CCCCC2)c1. The van der Waals surface area contributed by atoms with E-state index in [0.717, 1.165) is 42.0 Å². The summed E-state index contributed by atoms with van der Waals surface area (Å²) in [6.45, 7) is 5.28. The summed E-state index contributed by atoms with van der Waals surface area (Å²) in [7, 11) is 0. The van der Waals surface area contributed by atoms with E-state index in [1.165, 1.54) is 31.4 Å². The van der Waals surface area contributed by atoms with E-state index < -0.39 is 0 Å². The van der Waals surface area contributed by atoms with Crippen LogP contribution in [0.2, 0.25) is 0 Å². The standard InChI is InChI=1S/C22H27FN4OS/c1-16(25-26-22(29)24-14-17-5-8-20(23)9-6-17)18-7-10-21(28)19(13-18)15-27-11-3-2-4-12-27/h5-10,13,28H,2-4,11-12,14-15H2,1H3,(H2,24,26,29)/b25-16+.